The van der Waals surface area contributed by atoms with Gasteiger partial charge in [0.1, 0.15) is 11.5 Å². The van der Waals surface area contributed by atoms with Crippen molar-refractivity contribution in [1.29, 1.82) is 0 Å². The number of hydrogen-bond donors (Lipinski definition) is 0. The summed E-state index contributed by atoms with van der Waals surface area (Å²) in [4.78, 5) is 4.53. The molecule has 0 aliphatic rings. The molecule has 0 radical (unpaired) electrons. The van der Waals surface area contributed by atoms with Crippen LogP contribution < -0.4 is 0 Å². The van der Waals surface area contributed by atoms with Crippen LogP contribution >= 0.6 is 27.5 Å². The zero-order valence-electron chi connectivity index (χ0n) is 14.4. The number of pyridine rings is 1. The Morgan fingerprint density at radius 1 is 0.929 bits per heavy atom. The van der Waals surface area contributed by atoms with Gasteiger partial charge in [-0.1, -0.05) is 39.7 Å². The Kier molecular flexibility index (Phi) is 4.14. The van der Waals surface area contributed by atoms with Crippen LogP contribution in [0.4, 0.5) is 4.39 Å². The van der Waals surface area contributed by atoms with Gasteiger partial charge in [0.05, 0.1) is 16.7 Å². The first kappa shape index (κ1) is 17.3. The number of fused-ring (bicyclic) bond motifs is 3. The number of hydrogen-bond acceptors (Lipinski definition) is 2. The quantitative estimate of drug-likeness (QED) is 0.295. The molecule has 0 saturated carbocycles. The molecule has 5 rings (SSSR count). The molecule has 2 heterocycles. The van der Waals surface area contributed by atoms with Crippen LogP contribution in [0.3, 0.4) is 0 Å². The summed E-state index contributed by atoms with van der Waals surface area (Å²) < 4.78 is 16.8. The summed E-state index contributed by atoms with van der Waals surface area (Å²) in [7, 11) is 0. The van der Waals surface area contributed by atoms with Gasteiger partial charge in [0.25, 0.3) is 0 Å². The third-order valence-electron chi connectivity index (χ3n) is 4.64. The average molecular weight is 453 g/mol. The highest BCUT2D eigenvalue weighted by Gasteiger charge is 2.17. The summed E-state index contributed by atoms with van der Waals surface area (Å²) in [6.07, 6.45) is 1.80. The minimum atomic E-state index is -0.310. The van der Waals surface area contributed by atoms with E-state index in [1.54, 1.807) is 12.3 Å². The highest BCUT2D eigenvalue weighted by molar-refractivity contribution is 9.10. The van der Waals surface area contributed by atoms with Crippen LogP contribution in [0.2, 0.25) is 5.02 Å². The summed E-state index contributed by atoms with van der Waals surface area (Å²) in [5.74, 6) is -0.310. The van der Waals surface area contributed by atoms with Gasteiger partial charge in [0.2, 0.25) is 0 Å². The molecule has 0 aliphatic heterocycles. The summed E-state index contributed by atoms with van der Waals surface area (Å²) in [6.45, 7) is 0. The fraction of sp³-hybridized carbons (Fsp3) is 0. The van der Waals surface area contributed by atoms with Gasteiger partial charge in [-0.2, -0.15) is 5.10 Å². The first-order valence-electron chi connectivity index (χ1n) is 8.59. The fourth-order valence-corrected chi connectivity index (χ4v) is 3.90. The standard InChI is InChI=1S/C22H12BrClFN3/c23-14-3-1-2-13(10-14)21-19-12-26-20-9-6-16(25)11-18(20)22(19)28(27-21)17-7-4-15(24)5-8-17/h1-12H. The van der Waals surface area contributed by atoms with Crippen molar-refractivity contribution >= 4 is 49.3 Å². The molecule has 0 aliphatic carbocycles. The topological polar surface area (TPSA) is 30.7 Å². The predicted octanol–water partition coefficient (Wildman–Crippen LogP) is 6.80. The molecule has 0 fully saturated rings. The predicted molar refractivity (Wildman–Crippen MR) is 114 cm³/mol. The van der Waals surface area contributed by atoms with Crippen LogP contribution in [0.1, 0.15) is 0 Å². The summed E-state index contributed by atoms with van der Waals surface area (Å²) in [6, 6.07) is 19.9. The molecule has 0 unspecified atom stereocenters. The van der Waals surface area contributed by atoms with Crippen molar-refractivity contribution < 1.29 is 4.39 Å². The highest BCUT2D eigenvalue weighted by atomic mass is 79.9. The van der Waals surface area contributed by atoms with Crippen LogP contribution in [0.15, 0.2) is 77.4 Å². The van der Waals surface area contributed by atoms with E-state index in [0.717, 1.165) is 32.3 Å². The minimum absolute atomic E-state index is 0.310. The maximum Gasteiger partial charge on any atom is 0.124 e. The van der Waals surface area contributed by atoms with Crippen molar-refractivity contribution in [3.8, 4) is 16.9 Å². The lowest BCUT2D eigenvalue weighted by Crippen LogP contribution is -1.97. The van der Waals surface area contributed by atoms with E-state index in [9.17, 15) is 4.39 Å². The molecule has 5 aromatic rings. The normalized spacial score (nSPS) is 11.4. The Balaban J connectivity index is 1.91. The van der Waals surface area contributed by atoms with Crippen LogP contribution in [0.25, 0.3) is 38.8 Å². The Morgan fingerprint density at radius 3 is 2.54 bits per heavy atom. The van der Waals surface area contributed by atoms with Crippen LogP contribution in [-0.4, -0.2) is 14.8 Å². The SMILES string of the molecule is Fc1ccc2ncc3c(-c4cccc(Br)c4)nn(-c4ccc(Cl)cc4)c3c2c1. The lowest BCUT2D eigenvalue weighted by Gasteiger charge is -2.06. The second kappa shape index (κ2) is 6.69. The number of aromatic nitrogens is 3. The van der Waals surface area contributed by atoms with Crippen LogP contribution in [0, 0.1) is 5.82 Å². The molecule has 136 valence electrons. The van der Waals surface area contributed by atoms with Gasteiger partial charge in [-0.3, -0.25) is 4.98 Å². The molecule has 3 aromatic carbocycles. The maximum absolute atomic E-state index is 14.1. The van der Waals surface area contributed by atoms with E-state index in [1.165, 1.54) is 12.1 Å². The minimum Gasteiger partial charge on any atom is -0.255 e. The van der Waals surface area contributed by atoms with Crippen molar-refractivity contribution in [2.24, 2.45) is 0 Å². The number of nitrogens with zero attached hydrogens (tertiary/aromatic N) is 3. The Labute approximate surface area is 173 Å². The lowest BCUT2D eigenvalue weighted by molar-refractivity contribution is 0.629. The van der Waals surface area contributed by atoms with Gasteiger partial charge >= 0.3 is 0 Å². The molecular weight excluding hydrogens is 441 g/mol. The van der Waals surface area contributed by atoms with Gasteiger partial charge in [-0.15, -0.1) is 0 Å². The Hall–Kier alpha value is -2.76. The van der Waals surface area contributed by atoms with E-state index in [0.29, 0.717) is 15.9 Å². The summed E-state index contributed by atoms with van der Waals surface area (Å²) in [5.41, 5.74) is 4.09. The molecule has 3 nitrogen and oxygen atoms in total. The van der Waals surface area contributed by atoms with E-state index in [1.807, 2.05) is 53.2 Å². The average Bonchev–Trinajstić information content (AvgIpc) is 3.09. The first-order chi connectivity index (χ1) is 13.6. The van der Waals surface area contributed by atoms with Gasteiger partial charge in [0, 0.05) is 32.0 Å². The van der Waals surface area contributed by atoms with Crippen molar-refractivity contribution in [1.82, 2.24) is 14.8 Å². The molecule has 0 atom stereocenters. The van der Waals surface area contributed by atoms with Gasteiger partial charge < -0.3 is 0 Å². The van der Waals surface area contributed by atoms with Gasteiger partial charge in [-0.05, 0) is 54.6 Å². The number of rotatable bonds is 2. The molecule has 28 heavy (non-hydrogen) atoms. The van der Waals surface area contributed by atoms with Crippen LogP contribution in [0.5, 0.6) is 0 Å². The summed E-state index contributed by atoms with van der Waals surface area (Å²) >= 11 is 9.58. The maximum atomic E-state index is 14.1. The molecule has 2 aromatic heterocycles. The first-order valence-corrected chi connectivity index (χ1v) is 9.76. The molecule has 0 N–H and O–H groups in total. The van der Waals surface area contributed by atoms with Crippen molar-refractivity contribution in [2.75, 3.05) is 0 Å². The zero-order valence-corrected chi connectivity index (χ0v) is 16.7. The van der Waals surface area contributed by atoms with Crippen molar-refractivity contribution in [3.63, 3.8) is 0 Å². The second-order valence-electron chi connectivity index (χ2n) is 6.43. The van der Waals surface area contributed by atoms with Crippen LogP contribution in [-0.2, 0) is 0 Å². The fourth-order valence-electron chi connectivity index (χ4n) is 3.37. The monoisotopic (exact) mass is 451 g/mol. The molecule has 0 amide bonds. The van der Waals surface area contributed by atoms with E-state index in [2.05, 4.69) is 20.9 Å². The number of benzene rings is 3. The molecule has 0 saturated heterocycles. The third-order valence-corrected chi connectivity index (χ3v) is 5.38. The van der Waals surface area contributed by atoms with Gasteiger partial charge in [-0.25, -0.2) is 9.07 Å². The highest BCUT2D eigenvalue weighted by Crippen LogP contribution is 2.34. The zero-order chi connectivity index (χ0) is 19.3. The third kappa shape index (κ3) is 2.87. The molecular formula is C22H12BrClFN3. The van der Waals surface area contributed by atoms with Crippen molar-refractivity contribution in [2.45, 2.75) is 0 Å². The molecule has 6 heteroatoms. The Morgan fingerprint density at radius 2 is 1.75 bits per heavy atom. The summed E-state index contributed by atoms with van der Waals surface area (Å²) in [5, 5.41) is 7.08. The smallest absolute Gasteiger partial charge is 0.124 e. The largest absolute Gasteiger partial charge is 0.255 e. The Bertz CT molecular complexity index is 1350. The van der Waals surface area contributed by atoms with Gasteiger partial charge in [0.15, 0.2) is 0 Å². The van der Waals surface area contributed by atoms with E-state index >= 15 is 0 Å². The second-order valence-corrected chi connectivity index (χ2v) is 7.78. The molecule has 0 spiro atoms. The van der Waals surface area contributed by atoms with Crippen molar-refractivity contribution in [3.05, 3.63) is 88.2 Å². The number of halogens is 3. The molecule has 0 bridgehead atoms. The van der Waals surface area contributed by atoms with E-state index in [-0.39, 0.29) is 5.82 Å². The van der Waals surface area contributed by atoms with E-state index < -0.39 is 0 Å². The lowest BCUT2D eigenvalue weighted by atomic mass is 10.1. The van der Waals surface area contributed by atoms with E-state index in [4.69, 9.17) is 16.7 Å².